The fourth-order valence-electron chi connectivity index (χ4n) is 4.15. The number of guanidine groups is 1. The summed E-state index contributed by atoms with van der Waals surface area (Å²) in [6.07, 6.45) is 11.9. The molecule has 2 fully saturated rings. The Bertz CT molecular complexity index is 591. The van der Waals surface area contributed by atoms with E-state index in [0.717, 1.165) is 55.3 Å². The lowest BCUT2D eigenvalue weighted by atomic mass is 10.00. The lowest BCUT2D eigenvalue weighted by molar-refractivity contribution is 0.273. The van der Waals surface area contributed by atoms with Gasteiger partial charge in [-0.3, -0.25) is 4.99 Å². The summed E-state index contributed by atoms with van der Waals surface area (Å²) in [5.74, 6) is 3.06. The molecule has 0 radical (unpaired) electrons. The van der Waals surface area contributed by atoms with Gasteiger partial charge >= 0.3 is 0 Å². The molecule has 3 rings (SSSR count). The third kappa shape index (κ3) is 5.98. The van der Waals surface area contributed by atoms with Crippen LogP contribution >= 0.6 is 35.7 Å². The average Bonchev–Trinajstić information content (AvgIpc) is 3.31. The molecule has 1 N–H and O–H groups in total. The van der Waals surface area contributed by atoms with E-state index in [-0.39, 0.29) is 24.0 Å². The van der Waals surface area contributed by atoms with Crippen LogP contribution in [0.2, 0.25) is 0 Å². The zero-order chi connectivity index (χ0) is 18.4. The molecule has 2 aliphatic rings. The van der Waals surface area contributed by atoms with Gasteiger partial charge in [0.2, 0.25) is 0 Å². The van der Waals surface area contributed by atoms with Crippen LogP contribution < -0.4 is 5.32 Å². The van der Waals surface area contributed by atoms with Crippen LogP contribution in [0, 0.1) is 5.92 Å². The van der Waals surface area contributed by atoms with Crippen molar-refractivity contribution < 1.29 is 0 Å². The van der Waals surface area contributed by atoms with Crippen LogP contribution in [0.3, 0.4) is 0 Å². The van der Waals surface area contributed by atoms with Crippen molar-refractivity contribution in [2.45, 2.75) is 69.5 Å². The molecule has 0 atom stereocenters. The first-order valence-electron chi connectivity index (χ1n) is 10.2. The molecule has 154 valence electrons. The quantitative estimate of drug-likeness (QED) is 0.208. The van der Waals surface area contributed by atoms with Crippen LogP contribution in [0.1, 0.15) is 63.7 Å². The van der Waals surface area contributed by atoms with Crippen molar-refractivity contribution >= 4 is 41.7 Å². The highest BCUT2D eigenvalue weighted by Crippen LogP contribution is 2.33. The Balaban J connectivity index is 0.00000261. The SMILES string of the molecule is CN=C(NCCCc1nnc(SC)n1C1CCCC1)N1CCC(C)CC1.I. The summed E-state index contributed by atoms with van der Waals surface area (Å²) in [6, 6.07) is 0.610. The molecule has 1 saturated heterocycles. The van der Waals surface area contributed by atoms with Gasteiger partial charge in [0.25, 0.3) is 0 Å². The molecular formula is C19H35IN6S. The van der Waals surface area contributed by atoms with E-state index in [1.165, 1.54) is 38.5 Å². The van der Waals surface area contributed by atoms with Crippen molar-refractivity contribution in [1.29, 1.82) is 0 Å². The summed E-state index contributed by atoms with van der Waals surface area (Å²) in [6.45, 7) is 5.52. The van der Waals surface area contributed by atoms with Gasteiger partial charge in [-0.25, -0.2) is 0 Å². The smallest absolute Gasteiger partial charge is 0.193 e. The second-order valence-electron chi connectivity index (χ2n) is 7.66. The Labute approximate surface area is 185 Å². The second-order valence-corrected chi connectivity index (χ2v) is 8.43. The molecule has 6 nitrogen and oxygen atoms in total. The Morgan fingerprint density at radius 1 is 1.19 bits per heavy atom. The lowest BCUT2D eigenvalue weighted by Crippen LogP contribution is -2.45. The molecule has 8 heteroatoms. The number of nitrogens with zero attached hydrogens (tertiary/aromatic N) is 5. The van der Waals surface area contributed by atoms with Crippen molar-refractivity contribution in [3.8, 4) is 0 Å². The maximum Gasteiger partial charge on any atom is 0.193 e. The van der Waals surface area contributed by atoms with E-state index in [1.807, 2.05) is 7.05 Å². The van der Waals surface area contributed by atoms with E-state index < -0.39 is 0 Å². The van der Waals surface area contributed by atoms with Crippen LogP contribution in [0.15, 0.2) is 10.1 Å². The van der Waals surface area contributed by atoms with Gasteiger partial charge in [-0.15, -0.1) is 34.2 Å². The normalized spacial score (nSPS) is 19.4. The van der Waals surface area contributed by atoms with Crippen molar-refractivity contribution in [3.05, 3.63) is 5.82 Å². The Morgan fingerprint density at radius 2 is 1.89 bits per heavy atom. The minimum absolute atomic E-state index is 0. The molecule has 1 aliphatic carbocycles. The van der Waals surface area contributed by atoms with Crippen molar-refractivity contribution in [1.82, 2.24) is 25.0 Å². The minimum atomic E-state index is 0. The van der Waals surface area contributed by atoms with E-state index in [4.69, 9.17) is 0 Å². The summed E-state index contributed by atoms with van der Waals surface area (Å²) in [5.41, 5.74) is 0. The van der Waals surface area contributed by atoms with Gasteiger partial charge in [-0.05, 0) is 44.3 Å². The van der Waals surface area contributed by atoms with Crippen LogP contribution in [-0.2, 0) is 6.42 Å². The second kappa shape index (κ2) is 11.5. The standard InChI is InChI=1S/C19H34N6S.HI/c1-15-10-13-24(14-11-15)18(20-2)21-12-6-9-17-22-23-19(26-3)25(17)16-7-4-5-8-16;/h15-16H,4-14H2,1-3H3,(H,20,21);1H. The number of hydrogen-bond acceptors (Lipinski definition) is 4. The molecule has 0 spiro atoms. The van der Waals surface area contributed by atoms with Crippen molar-refractivity contribution in [2.24, 2.45) is 10.9 Å². The first kappa shape index (κ1) is 22.8. The van der Waals surface area contributed by atoms with Gasteiger partial charge in [0.15, 0.2) is 11.1 Å². The summed E-state index contributed by atoms with van der Waals surface area (Å²) in [4.78, 5) is 6.87. The first-order chi connectivity index (χ1) is 12.7. The Kier molecular flexibility index (Phi) is 9.69. The Hall–Kier alpha value is -0.510. The van der Waals surface area contributed by atoms with Crippen molar-refractivity contribution in [2.75, 3.05) is 32.9 Å². The summed E-state index contributed by atoms with van der Waals surface area (Å²) in [7, 11) is 1.89. The molecule has 0 amide bonds. The minimum Gasteiger partial charge on any atom is -0.356 e. The zero-order valence-electron chi connectivity index (χ0n) is 17.0. The fraction of sp³-hybridized carbons (Fsp3) is 0.842. The molecule has 0 bridgehead atoms. The maximum atomic E-state index is 4.49. The highest BCUT2D eigenvalue weighted by molar-refractivity contribution is 14.0. The van der Waals surface area contributed by atoms with E-state index in [2.05, 4.69) is 43.2 Å². The maximum absolute atomic E-state index is 4.49. The topological polar surface area (TPSA) is 58.3 Å². The van der Waals surface area contributed by atoms with Crippen molar-refractivity contribution in [3.63, 3.8) is 0 Å². The van der Waals surface area contributed by atoms with Crippen LogP contribution in [0.25, 0.3) is 0 Å². The summed E-state index contributed by atoms with van der Waals surface area (Å²) >= 11 is 1.72. The molecule has 0 aromatic carbocycles. The molecule has 2 heterocycles. The molecule has 1 aromatic rings. The monoisotopic (exact) mass is 506 g/mol. The van der Waals surface area contributed by atoms with E-state index in [9.17, 15) is 0 Å². The van der Waals surface area contributed by atoms with Crippen LogP contribution in [0.5, 0.6) is 0 Å². The number of aryl methyl sites for hydroxylation is 1. The molecule has 1 saturated carbocycles. The lowest BCUT2D eigenvalue weighted by Gasteiger charge is -2.32. The molecule has 27 heavy (non-hydrogen) atoms. The first-order valence-corrected chi connectivity index (χ1v) is 11.4. The predicted molar refractivity (Wildman–Crippen MR) is 124 cm³/mol. The summed E-state index contributed by atoms with van der Waals surface area (Å²) < 4.78 is 2.42. The van der Waals surface area contributed by atoms with E-state index in [1.54, 1.807) is 11.8 Å². The van der Waals surface area contributed by atoms with Gasteiger partial charge < -0.3 is 14.8 Å². The number of rotatable bonds is 6. The van der Waals surface area contributed by atoms with Gasteiger partial charge in [0.1, 0.15) is 5.82 Å². The fourth-order valence-corrected chi connectivity index (χ4v) is 4.72. The van der Waals surface area contributed by atoms with Gasteiger partial charge in [0.05, 0.1) is 0 Å². The van der Waals surface area contributed by atoms with Gasteiger partial charge in [-0.1, -0.05) is 31.5 Å². The average molecular weight is 507 g/mol. The zero-order valence-corrected chi connectivity index (χ0v) is 20.1. The number of hydrogen-bond donors (Lipinski definition) is 1. The van der Waals surface area contributed by atoms with Gasteiger partial charge in [0, 0.05) is 39.1 Å². The largest absolute Gasteiger partial charge is 0.356 e. The number of aromatic nitrogens is 3. The van der Waals surface area contributed by atoms with E-state index >= 15 is 0 Å². The highest BCUT2D eigenvalue weighted by Gasteiger charge is 2.23. The number of piperidine rings is 1. The molecular weight excluding hydrogens is 471 g/mol. The molecule has 1 aliphatic heterocycles. The van der Waals surface area contributed by atoms with Crippen LogP contribution in [0.4, 0.5) is 0 Å². The molecule has 1 aromatic heterocycles. The summed E-state index contributed by atoms with van der Waals surface area (Å²) in [5, 5.41) is 13.5. The Morgan fingerprint density at radius 3 is 2.52 bits per heavy atom. The third-order valence-electron chi connectivity index (χ3n) is 5.76. The number of aliphatic imine (C=N–C) groups is 1. The van der Waals surface area contributed by atoms with Gasteiger partial charge in [-0.2, -0.15) is 0 Å². The number of thioether (sulfide) groups is 1. The number of halogens is 1. The van der Waals surface area contributed by atoms with Crippen LogP contribution in [-0.4, -0.2) is 58.6 Å². The molecule has 0 unspecified atom stereocenters. The highest BCUT2D eigenvalue weighted by atomic mass is 127. The predicted octanol–water partition coefficient (Wildman–Crippen LogP) is 3.97. The number of likely N-dealkylation sites (tertiary alicyclic amines) is 1. The number of nitrogens with one attached hydrogen (secondary N) is 1. The van der Waals surface area contributed by atoms with E-state index in [0.29, 0.717) is 6.04 Å². The third-order valence-corrected chi connectivity index (χ3v) is 6.41.